The van der Waals surface area contributed by atoms with Crippen LogP contribution in [0.15, 0.2) is 58.2 Å². The van der Waals surface area contributed by atoms with Gasteiger partial charge in [-0.15, -0.1) is 0 Å². The van der Waals surface area contributed by atoms with E-state index >= 15 is 0 Å². The number of thioether (sulfide) groups is 1. The molecular weight excluding hydrogens is 336 g/mol. The molecule has 0 saturated carbocycles. The second kappa shape index (κ2) is 6.84. The fourth-order valence-electron chi connectivity index (χ4n) is 2.15. The molecule has 0 unspecified atom stereocenters. The predicted octanol–water partition coefficient (Wildman–Crippen LogP) is 4.46. The fraction of sp³-hybridized carbons (Fsp3) is 0.0588. The Morgan fingerprint density at radius 1 is 1.04 bits per heavy atom. The summed E-state index contributed by atoms with van der Waals surface area (Å²) in [5.74, 6) is -2.32. The highest BCUT2D eigenvalue weighted by Gasteiger charge is 2.22. The largest absolute Gasteiger partial charge is 0.481 e. The smallest absolute Gasteiger partial charge is 0.314 e. The molecule has 0 aliphatic rings. The van der Waals surface area contributed by atoms with Crippen molar-refractivity contribution in [2.75, 3.05) is 5.75 Å². The van der Waals surface area contributed by atoms with E-state index in [1.807, 2.05) is 0 Å². The first-order valence-corrected chi connectivity index (χ1v) is 7.90. The Morgan fingerprint density at radius 3 is 2.21 bits per heavy atom. The van der Waals surface area contributed by atoms with Crippen molar-refractivity contribution >= 4 is 17.7 Å². The lowest BCUT2D eigenvalue weighted by Gasteiger charge is -2.03. The van der Waals surface area contributed by atoms with Gasteiger partial charge in [0.25, 0.3) is 5.22 Å². The molecule has 4 nitrogen and oxygen atoms in total. The number of carbonyl (C=O) groups is 1. The maximum atomic E-state index is 14.1. The average Bonchev–Trinajstić information content (AvgIpc) is 2.97. The highest BCUT2D eigenvalue weighted by atomic mass is 32.2. The second-order valence-corrected chi connectivity index (χ2v) is 5.73. The van der Waals surface area contributed by atoms with E-state index in [0.29, 0.717) is 0 Å². The first-order chi connectivity index (χ1) is 11.6. The third-order valence-electron chi connectivity index (χ3n) is 3.17. The molecule has 3 aromatic rings. The van der Waals surface area contributed by atoms with Gasteiger partial charge in [0.2, 0.25) is 0 Å². The summed E-state index contributed by atoms with van der Waals surface area (Å²) in [6, 6.07) is 11.8. The molecule has 0 aliphatic carbocycles. The number of carboxylic acids is 1. The minimum absolute atomic E-state index is 0.0360. The number of aromatic nitrogens is 1. The third kappa shape index (κ3) is 3.30. The molecule has 1 aromatic heterocycles. The zero-order chi connectivity index (χ0) is 17.1. The lowest BCUT2D eigenvalue weighted by atomic mass is 10.1. The van der Waals surface area contributed by atoms with Crippen molar-refractivity contribution in [3.63, 3.8) is 0 Å². The molecule has 0 fully saturated rings. The standard InChI is InChI=1S/C17H11F2NO3S/c18-12-7-3-1-5-10(12)15-16(11-6-2-4-8-13(11)19)23-17(20-15)24-9-14(21)22/h1-8H,9H2,(H,21,22). The lowest BCUT2D eigenvalue weighted by molar-refractivity contribution is -0.133. The quantitative estimate of drug-likeness (QED) is 0.690. The van der Waals surface area contributed by atoms with Gasteiger partial charge >= 0.3 is 5.97 Å². The van der Waals surface area contributed by atoms with Crippen LogP contribution in [0.1, 0.15) is 0 Å². The summed E-state index contributed by atoms with van der Waals surface area (Å²) in [6.07, 6.45) is 0. The first-order valence-electron chi connectivity index (χ1n) is 6.91. The zero-order valence-corrected chi connectivity index (χ0v) is 13.0. The van der Waals surface area contributed by atoms with Crippen LogP contribution in [0.2, 0.25) is 0 Å². The van der Waals surface area contributed by atoms with E-state index in [2.05, 4.69) is 4.98 Å². The molecular formula is C17H11F2NO3S. The van der Waals surface area contributed by atoms with Crippen LogP contribution in [0, 0.1) is 11.6 Å². The number of oxazole rings is 1. The Morgan fingerprint density at radius 2 is 1.62 bits per heavy atom. The van der Waals surface area contributed by atoms with Crippen molar-refractivity contribution in [2.24, 2.45) is 0 Å². The number of carboxylic acid groups (broad SMARTS) is 1. The molecule has 0 bridgehead atoms. The summed E-state index contributed by atoms with van der Waals surface area (Å²) in [5.41, 5.74) is 0.415. The monoisotopic (exact) mass is 347 g/mol. The molecule has 0 atom stereocenters. The molecule has 122 valence electrons. The Balaban J connectivity index is 2.14. The SMILES string of the molecule is O=C(O)CSc1nc(-c2ccccc2F)c(-c2ccccc2F)o1. The summed E-state index contributed by atoms with van der Waals surface area (Å²) < 4.78 is 33.8. The van der Waals surface area contributed by atoms with Crippen LogP contribution in [0.4, 0.5) is 8.78 Å². The van der Waals surface area contributed by atoms with E-state index in [0.717, 1.165) is 11.8 Å². The number of halogens is 2. The van der Waals surface area contributed by atoms with Gasteiger partial charge in [-0.3, -0.25) is 4.79 Å². The van der Waals surface area contributed by atoms with E-state index in [9.17, 15) is 13.6 Å². The van der Waals surface area contributed by atoms with Crippen molar-refractivity contribution in [1.29, 1.82) is 0 Å². The summed E-state index contributed by atoms with van der Waals surface area (Å²) >= 11 is 0.842. The molecule has 24 heavy (non-hydrogen) atoms. The number of hydrogen-bond acceptors (Lipinski definition) is 4. The molecule has 0 aliphatic heterocycles. The minimum Gasteiger partial charge on any atom is -0.481 e. The van der Waals surface area contributed by atoms with Gasteiger partial charge in [0.1, 0.15) is 23.1 Å². The molecule has 7 heteroatoms. The second-order valence-electron chi connectivity index (χ2n) is 4.80. The highest BCUT2D eigenvalue weighted by Crippen LogP contribution is 2.37. The summed E-state index contributed by atoms with van der Waals surface area (Å²) in [5, 5.41) is 8.80. The summed E-state index contributed by atoms with van der Waals surface area (Å²) in [4.78, 5) is 14.9. The van der Waals surface area contributed by atoms with E-state index in [-0.39, 0.29) is 33.6 Å². The number of aliphatic carboxylic acids is 1. The lowest BCUT2D eigenvalue weighted by Crippen LogP contribution is -1.97. The Kier molecular flexibility index (Phi) is 4.61. The van der Waals surface area contributed by atoms with Crippen molar-refractivity contribution in [1.82, 2.24) is 4.98 Å². The minimum atomic E-state index is -1.04. The van der Waals surface area contributed by atoms with Crippen LogP contribution in [-0.2, 0) is 4.79 Å². The molecule has 1 heterocycles. The molecule has 1 N–H and O–H groups in total. The maximum Gasteiger partial charge on any atom is 0.314 e. The Bertz CT molecular complexity index is 832. The fourth-order valence-corrected chi connectivity index (χ4v) is 2.69. The van der Waals surface area contributed by atoms with Gasteiger partial charge in [0.05, 0.1) is 5.56 Å². The van der Waals surface area contributed by atoms with Gasteiger partial charge < -0.3 is 9.52 Å². The van der Waals surface area contributed by atoms with Crippen LogP contribution in [0.5, 0.6) is 0 Å². The van der Waals surface area contributed by atoms with Gasteiger partial charge in [0, 0.05) is 5.56 Å². The van der Waals surface area contributed by atoms with Gasteiger partial charge in [-0.2, -0.15) is 0 Å². The number of rotatable bonds is 5. The van der Waals surface area contributed by atoms with Crippen molar-refractivity contribution < 1.29 is 23.1 Å². The van der Waals surface area contributed by atoms with E-state index < -0.39 is 17.6 Å². The number of benzene rings is 2. The van der Waals surface area contributed by atoms with Crippen LogP contribution in [0.25, 0.3) is 22.6 Å². The Hall–Kier alpha value is -2.67. The molecule has 3 rings (SSSR count). The summed E-state index contributed by atoms with van der Waals surface area (Å²) in [6.45, 7) is 0. The predicted molar refractivity (Wildman–Crippen MR) is 85.7 cm³/mol. The van der Waals surface area contributed by atoms with E-state index in [4.69, 9.17) is 9.52 Å². The molecule has 0 saturated heterocycles. The topological polar surface area (TPSA) is 63.3 Å². The number of nitrogens with zero attached hydrogens (tertiary/aromatic N) is 1. The highest BCUT2D eigenvalue weighted by molar-refractivity contribution is 7.99. The van der Waals surface area contributed by atoms with E-state index in [1.165, 1.54) is 36.4 Å². The zero-order valence-electron chi connectivity index (χ0n) is 12.2. The Labute approximate surface area is 140 Å². The van der Waals surface area contributed by atoms with Gasteiger partial charge in [-0.25, -0.2) is 13.8 Å². The van der Waals surface area contributed by atoms with Crippen LogP contribution >= 0.6 is 11.8 Å². The third-order valence-corrected chi connectivity index (χ3v) is 3.99. The molecule has 0 amide bonds. The van der Waals surface area contributed by atoms with E-state index in [1.54, 1.807) is 12.1 Å². The normalized spacial score (nSPS) is 10.8. The van der Waals surface area contributed by atoms with Crippen LogP contribution in [0.3, 0.4) is 0 Å². The molecule has 2 aromatic carbocycles. The average molecular weight is 347 g/mol. The van der Waals surface area contributed by atoms with Crippen molar-refractivity contribution in [3.05, 3.63) is 60.2 Å². The van der Waals surface area contributed by atoms with Gasteiger partial charge in [-0.1, -0.05) is 36.0 Å². The first kappa shape index (κ1) is 16.2. The van der Waals surface area contributed by atoms with Crippen molar-refractivity contribution in [3.8, 4) is 22.6 Å². The molecule has 0 spiro atoms. The van der Waals surface area contributed by atoms with Crippen molar-refractivity contribution in [2.45, 2.75) is 5.22 Å². The maximum absolute atomic E-state index is 14.1. The number of hydrogen-bond donors (Lipinski definition) is 1. The molecule has 0 radical (unpaired) electrons. The summed E-state index contributed by atoms with van der Waals surface area (Å²) in [7, 11) is 0. The van der Waals surface area contributed by atoms with Crippen LogP contribution in [-0.4, -0.2) is 21.8 Å². The van der Waals surface area contributed by atoms with Gasteiger partial charge in [-0.05, 0) is 24.3 Å². The van der Waals surface area contributed by atoms with Gasteiger partial charge in [0.15, 0.2) is 5.76 Å². The van der Waals surface area contributed by atoms with Crippen LogP contribution < -0.4 is 0 Å².